The minimum atomic E-state index is -0.0891. The standard InChI is InChI=1S/C17H22O4/c1-19-12-20-11-15-14-7-17(15,8-14)9-16(18)21-10-13-5-3-2-4-6-13/h2-6,14-15H,7-12H2,1H3. The van der Waals surface area contributed by atoms with Crippen LogP contribution in [0.1, 0.15) is 24.8 Å². The zero-order valence-electron chi connectivity index (χ0n) is 12.4. The highest BCUT2D eigenvalue weighted by Gasteiger charge is 2.65. The van der Waals surface area contributed by atoms with E-state index >= 15 is 0 Å². The Balaban J connectivity index is 1.42. The van der Waals surface area contributed by atoms with Crippen molar-refractivity contribution in [3.8, 4) is 0 Å². The van der Waals surface area contributed by atoms with E-state index in [0.717, 1.165) is 24.3 Å². The molecular weight excluding hydrogens is 268 g/mol. The zero-order chi connectivity index (χ0) is 14.7. The third-order valence-electron chi connectivity index (χ3n) is 4.93. The van der Waals surface area contributed by atoms with E-state index in [9.17, 15) is 4.79 Å². The Bertz CT molecular complexity index is 479. The molecule has 0 spiro atoms. The molecule has 0 amide bonds. The van der Waals surface area contributed by atoms with E-state index in [1.54, 1.807) is 7.11 Å². The minimum absolute atomic E-state index is 0.0891. The Labute approximate surface area is 125 Å². The van der Waals surface area contributed by atoms with Crippen LogP contribution in [-0.2, 0) is 25.6 Å². The summed E-state index contributed by atoms with van der Waals surface area (Å²) in [6.07, 6.45) is 2.82. The molecule has 4 rings (SSSR count). The van der Waals surface area contributed by atoms with Crippen molar-refractivity contribution in [3.05, 3.63) is 35.9 Å². The summed E-state index contributed by atoms with van der Waals surface area (Å²) in [6, 6.07) is 9.80. The van der Waals surface area contributed by atoms with Gasteiger partial charge in [0.1, 0.15) is 13.4 Å². The Morgan fingerprint density at radius 3 is 2.67 bits per heavy atom. The lowest BCUT2D eigenvalue weighted by Gasteiger charge is -2.68. The largest absolute Gasteiger partial charge is 0.461 e. The first-order valence-corrected chi connectivity index (χ1v) is 7.50. The fraction of sp³-hybridized carbons (Fsp3) is 0.588. The van der Waals surface area contributed by atoms with Crippen LogP contribution in [0.3, 0.4) is 0 Å². The zero-order valence-corrected chi connectivity index (χ0v) is 12.4. The summed E-state index contributed by atoms with van der Waals surface area (Å²) in [5, 5.41) is 0. The van der Waals surface area contributed by atoms with Gasteiger partial charge in [0.05, 0.1) is 13.0 Å². The summed E-state index contributed by atoms with van der Waals surface area (Å²) in [6.45, 7) is 1.40. The fourth-order valence-electron chi connectivity index (χ4n) is 3.67. The highest BCUT2D eigenvalue weighted by Crippen LogP contribution is 2.70. The number of ether oxygens (including phenoxy) is 3. The molecule has 21 heavy (non-hydrogen) atoms. The lowest BCUT2D eigenvalue weighted by atomic mass is 9.37. The van der Waals surface area contributed by atoms with E-state index in [2.05, 4.69) is 0 Å². The van der Waals surface area contributed by atoms with Crippen molar-refractivity contribution in [2.24, 2.45) is 17.3 Å². The molecule has 4 nitrogen and oxygen atoms in total. The van der Waals surface area contributed by atoms with Crippen molar-refractivity contribution < 1.29 is 19.0 Å². The molecule has 1 aromatic rings. The number of hydrogen-bond acceptors (Lipinski definition) is 4. The summed E-state index contributed by atoms with van der Waals surface area (Å²) in [5.74, 6) is 1.16. The lowest BCUT2D eigenvalue weighted by Crippen LogP contribution is -2.63. The lowest BCUT2D eigenvalue weighted by molar-refractivity contribution is -0.230. The van der Waals surface area contributed by atoms with E-state index in [0.29, 0.717) is 32.3 Å². The maximum absolute atomic E-state index is 12.0. The van der Waals surface area contributed by atoms with Gasteiger partial charge in [0.25, 0.3) is 0 Å². The number of hydrogen-bond donors (Lipinski definition) is 0. The topological polar surface area (TPSA) is 44.8 Å². The first kappa shape index (κ1) is 14.5. The van der Waals surface area contributed by atoms with Gasteiger partial charge in [0.15, 0.2) is 0 Å². The molecule has 3 saturated carbocycles. The van der Waals surface area contributed by atoms with Gasteiger partial charge in [-0.1, -0.05) is 30.3 Å². The third-order valence-corrected chi connectivity index (χ3v) is 4.93. The van der Waals surface area contributed by atoms with Crippen molar-refractivity contribution in [1.29, 1.82) is 0 Å². The van der Waals surface area contributed by atoms with Crippen LogP contribution in [-0.4, -0.2) is 26.5 Å². The first-order chi connectivity index (χ1) is 10.2. The molecule has 0 N–H and O–H groups in total. The highest BCUT2D eigenvalue weighted by molar-refractivity contribution is 5.71. The summed E-state index contributed by atoms with van der Waals surface area (Å²) < 4.78 is 15.7. The Morgan fingerprint density at radius 2 is 2.05 bits per heavy atom. The number of methoxy groups -OCH3 is 1. The molecule has 3 aliphatic carbocycles. The molecule has 1 atom stereocenters. The minimum Gasteiger partial charge on any atom is -0.461 e. The predicted octanol–water partition coefficient (Wildman–Crippen LogP) is 2.77. The molecule has 0 saturated heterocycles. The molecule has 1 unspecified atom stereocenters. The molecule has 4 heteroatoms. The maximum Gasteiger partial charge on any atom is 0.306 e. The highest BCUT2D eigenvalue weighted by atomic mass is 16.7. The fourth-order valence-corrected chi connectivity index (χ4v) is 3.67. The molecule has 0 aliphatic heterocycles. The van der Waals surface area contributed by atoms with Gasteiger partial charge in [-0.2, -0.15) is 0 Å². The first-order valence-electron chi connectivity index (χ1n) is 7.50. The normalized spacial score (nSPS) is 29.4. The van der Waals surface area contributed by atoms with E-state index < -0.39 is 0 Å². The van der Waals surface area contributed by atoms with Crippen LogP contribution in [0.15, 0.2) is 30.3 Å². The Kier molecular flexibility index (Phi) is 4.27. The van der Waals surface area contributed by atoms with Crippen LogP contribution in [0.4, 0.5) is 0 Å². The summed E-state index contributed by atoms with van der Waals surface area (Å²) in [7, 11) is 1.62. The average molecular weight is 290 g/mol. The number of carbonyl (C=O) groups is 1. The molecule has 0 aromatic heterocycles. The van der Waals surface area contributed by atoms with Gasteiger partial charge in [0.2, 0.25) is 0 Å². The van der Waals surface area contributed by atoms with Crippen molar-refractivity contribution in [2.75, 3.05) is 20.5 Å². The number of benzene rings is 1. The average Bonchev–Trinajstić information content (AvgIpc) is 2.46. The van der Waals surface area contributed by atoms with Gasteiger partial charge in [-0.3, -0.25) is 4.79 Å². The molecule has 3 fully saturated rings. The molecule has 2 bridgehead atoms. The summed E-state index contributed by atoms with van der Waals surface area (Å²) >= 11 is 0. The second-order valence-electron chi connectivity index (χ2n) is 6.24. The van der Waals surface area contributed by atoms with E-state index in [1.807, 2.05) is 30.3 Å². The van der Waals surface area contributed by atoms with Gasteiger partial charge in [-0.05, 0) is 35.7 Å². The van der Waals surface area contributed by atoms with Crippen LogP contribution in [0, 0.1) is 17.3 Å². The monoisotopic (exact) mass is 290 g/mol. The van der Waals surface area contributed by atoms with Gasteiger partial charge < -0.3 is 14.2 Å². The molecule has 0 radical (unpaired) electrons. The second-order valence-corrected chi connectivity index (χ2v) is 6.24. The van der Waals surface area contributed by atoms with Gasteiger partial charge in [-0.15, -0.1) is 0 Å². The van der Waals surface area contributed by atoms with Gasteiger partial charge in [-0.25, -0.2) is 0 Å². The van der Waals surface area contributed by atoms with E-state index in [-0.39, 0.29) is 11.4 Å². The maximum atomic E-state index is 12.0. The molecule has 1 aromatic carbocycles. The summed E-state index contributed by atoms with van der Waals surface area (Å²) in [5.41, 5.74) is 1.18. The van der Waals surface area contributed by atoms with Gasteiger partial charge >= 0.3 is 5.97 Å². The molecule has 0 heterocycles. The third kappa shape index (κ3) is 2.97. The van der Waals surface area contributed by atoms with Crippen LogP contribution in [0.25, 0.3) is 0 Å². The van der Waals surface area contributed by atoms with Crippen molar-refractivity contribution in [1.82, 2.24) is 0 Å². The second kappa shape index (κ2) is 6.16. The molecule has 114 valence electrons. The predicted molar refractivity (Wildman–Crippen MR) is 77.3 cm³/mol. The Hall–Kier alpha value is -1.39. The number of rotatable bonds is 8. The van der Waals surface area contributed by atoms with E-state index in [1.165, 1.54) is 0 Å². The van der Waals surface area contributed by atoms with Crippen LogP contribution >= 0.6 is 0 Å². The van der Waals surface area contributed by atoms with Crippen molar-refractivity contribution in [2.45, 2.75) is 25.9 Å². The van der Waals surface area contributed by atoms with E-state index in [4.69, 9.17) is 14.2 Å². The molecular formula is C17H22O4. The van der Waals surface area contributed by atoms with Crippen LogP contribution in [0.2, 0.25) is 0 Å². The summed E-state index contributed by atoms with van der Waals surface area (Å²) in [4.78, 5) is 12.0. The number of carbonyl (C=O) groups excluding carboxylic acids is 1. The molecule has 3 aliphatic rings. The Morgan fingerprint density at radius 1 is 1.29 bits per heavy atom. The van der Waals surface area contributed by atoms with Crippen molar-refractivity contribution >= 4 is 5.97 Å². The smallest absolute Gasteiger partial charge is 0.306 e. The van der Waals surface area contributed by atoms with Crippen LogP contribution < -0.4 is 0 Å². The SMILES string of the molecule is COCOCC1C2CC1(CC(=O)OCc1ccccc1)C2. The van der Waals surface area contributed by atoms with Crippen LogP contribution in [0.5, 0.6) is 0 Å². The van der Waals surface area contributed by atoms with Gasteiger partial charge in [0, 0.05) is 7.11 Å². The number of esters is 1. The van der Waals surface area contributed by atoms with Crippen molar-refractivity contribution in [3.63, 3.8) is 0 Å². The quantitative estimate of drug-likeness (QED) is 0.419.